The van der Waals surface area contributed by atoms with Crippen molar-refractivity contribution in [1.82, 2.24) is 19.9 Å². The molecule has 1 amide bonds. The number of aromatic nitrogens is 3. The van der Waals surface area contributed by atoms with Crippen LogP contribution in [0.4, 0.5) is 0 Å². The minimum atomic E-state index is -1.47. The van der Waals surface area contributed by atoms with E-state index in [1.165, 1.54) is 4.90 Å². The van der Waals surface area contributed by atoms with E-state index in [0.29, 0.717) is 5.69 Å². The lowest BCUT2D eigenvalue weighted by Gasteiger charge is -2.24. The summed E-state index contributed by atoms with van der Waals surface area (Å²) in [5, 5.41) is 28.7. The minimum absolute atomic E-state index is 0.274. The van der Waals surface area contributed by atoms with Gasteiger partial charge >= 0.3 is 0 Å². The van der Waals surface area contributed by atoms with Crippen LogP contribution in [0.2, 0.25) is 0 Å². The lowest BCUT2D eigenvalue weighted by molar-refractivity contribution is -0.136. The van der Waals surface area contributed by atoms with Gasteiger partial charge in [0.25, 0.3) is 5.91 Å². The molecule has 1 fully saturated rings. The molecule has 0 bridgehead atoms. The molecular formula is C19H18N4O3. The highest BCUT2D eigenvalue weighted by Crippen LogP contribution is 2.34. The van der Waals surface area contributed by atoms with Crippen molar-refractivity contribution in [2.24, 2.45) is 0 Å². The number of amides is 1. The van der Waals surface area contributed by atoms with Gasteiger partial charge in [-0.05, 0) is 17.7 Å². The SMILES string of the molecule is O=C1[C@H](O)[C@@H](O)[C@@H](c2cn(-c3ccccc3)nn2)N1Cc1ccccc1. The van der Waals surface area contributed by atoms with Crippen LogP contribution in [0.3, 0.4) is 0 Å². The van der Waals surface area contributed by atoms with Gasteiger partial charge in [0.05, 0.1) is 11.9 Å². The van der Waals surface area contributed by atoms with E-state index in [1.54, 1.807) is 10.9 Å². The van der Waals surface area contributed by atoms with E-state index in [-0.39, 0.29) is 6.54 Å². The summed E-state index contributed by atoms with van der Waals surface area (Å²) in [6.45, 7) is 0.274. The fourth-order valence-corrected chi connectivity index (χ4v) is 3.22. The lowest BCUT2D eigenvalue weighted by atomic mass is 10.1. The van der Waals surface area contributed by atoms with Crippen LogP contribution >= 0.6 is 0 Å². The molecule has 7 heteroatoms. The van der Waals surface area contributed by atoms with E-state index < -0.39 is 24.2 Å². The molecule has 2 aromatic carbocycles. The summed E-state index contributed by atoms with van der Waals surface area (Å²) in [6.07, 6.45) is -1.05. The third-order valence-electron chi connectivity index (χ3n) is 4.55. The fraction of sp³-hybridized carbons (Fsp3) is 0.211. The molecule has 1 saturated heterocycles. The van der Waals surface area contributed by atoms with Crippen LogP contribution in [0.1, 0.15) is 17.3 Å². The van der Waals surface area contributed by atoms with Crippen LogP contribution in [0, 0.1) is 0 Å². The van der Waals surface area contributed by atoms with Crippen molar-refractivity contribution < 1.29 is 15.0 Å². The maximum Gasteiger partial charge on any atom is 0.255 e. The third kappa shape index (κ3) is 2.87. The van der Waals surface area contributed by atoms with Crippen molar-refractivity contribution in [2.75, 3.05) is 0 Å². The molecule has 0 aliphatic carbocycles. The van der Waals surface area contributed by atoms with Gasteiger partial charge in [-0.3, -0.25) is 4.79 Å². The summed E-state index contributed by atoms with van der Waals surface area (Å²) in [4.78, 5) is 13.9. The molecule has 26 heavy (non-hydrogen) atoms. The molecule has 132 valence electrons. The second kappa shape index (κ2) is 6.70. The van der Waals surface area contributed by atoms with Crippen molar-refractivity contribution in [3.05, 3.63) is 78.1 Å². The number of para-hydroxylation sites is 1. The quantitative estimate of drug-likeness (QED) is 0.734. The molecule has 3 atom stereocenters. The Morgan fingerprint density at radius 1 is 0.962 bits per heavy atom. The van der Waals surface area contributed by atoms with Crippen LogP contribution in [-0.2, 0) is 11.3 Å². The van der Waals surface area contributed by atoms with Crippen LogP contribution in [0.5, 0.6) is 0 Å². The van der Waals surface area contributed by atoms with Gasteiger partial charge in [-0.25, -0.2) is 4.68 Å². The third-order valence-corrected chi connectivity index (χ3v) is 4.55. The molecule has 0 spiro atoms. The summed E-state index contributed by atoms with van der Waals surface area (Å²) in [5.41, 5.74) is 2.16. The Bertz CT molecular complexity index is 897. The van der Waals surface area contributed by atoms with Gasteiger partial charge in [0.2, 0.25) is 0 Å². The highest BCUT2D eigenvalue weighted by molar-refractivity contribution is 5.84. The van der Waals surface area contributed by atoms with E-state index in [4.69, 9.17) is 0 Å². The van der Waals surface area contributed by atoms with E-state index in [9.17, 15) is 15.0 Å². The first-order chi connectivity index (χ1) is 12.6. The highest BCUT2D eigenvalue weighted by atomic mass is 16.3. The number of carbonyl (C=O) groups is 1. The maximum atomic E-state index is 12.4. The largest absolute Gasteiger partial charge is 0.387 e. The van der Waals surface area contributed by atoms with E-state index >= 15 is 0 Å². The summed E-state index contributed by atoms with van der Waals surface area (Å²) in [5.74, 6) is -0.513. The number of aliphatic hydroxyl groups is 2. The van der Waals surface area contributed by atoms with Gasteiger partial charge < -0.3 is 15.1 Å². The number of benzene rings is 2. The van der Waals surface area contributed by atoms with Crippen molar-refractivity contribution in [1.29, 1.82) is 0 Å². The molecule has 0 unspecified atom stereocenters. The Labute approximate surface area is 150 Å². The molecule has 2 heterocycles. The average Bonchev–Trinajstić information content (AvgIpc) is 3.24. The van der Waals surface area contributed by atoms with Crippen LogP contribution in [-0.4, -0.2) is 48.2 Å². The summed E-state index contributed by atoms with van der Waals surface area (Å²) < 4.78 is 1.58. The number of aliphatic hydroxyl groups excluding tert-OH is 2. The maximum absolute atomic E-state index is 12.4. The second-order valence-corrected chi connectivity index (χ2v) is 6.26. The molecule has 1 aromatic heterocycles. The Kier molecular flexibility index (Phi) is 4.24. The predicted molar refractivity (Wildman–Crippen MR) is 93.1 cm³/mol. The van der Waals surface area contributed by atoms with Crippen LogP contribution in [0.25, 0.3) is 5.69 Å². The van der Waals surface area contributed by atoms with Crippen molar-refractivity contribution in [3.8, 4) is 5.69 Å². The summed E-state index contributed by atoms with van der Waals surface area (Å²) in [7, 11) is 0. The smallest absolute Gasteiger partial charge is 0.255 e. The van der Waals surface area contributed by atoms with Gasteiger partial charge in [0.1, 0.15) is 17.8 Å². The van der Waals surface area contributed by atoms with Gasteiger partial charge in [-0.2, -0.15) is 0 Å². The number of likely N-dealkylation sites (tertiary alicyclic amines) is 1. The molecule has 7 nitrogen and oxygen atoms in total. The predicted octanol–water partition coefficient (Wildman–Crippen LogP) is 1.07. The summed E-state index contributed by atoms with van der Waals surface area (Å²) >= 11 is 0. The van der Waals surface area contributed by atoms with Crippen molar-refractivity contribution >= 4 is 5.91 Å². The average molecular weight is 350 g/mol. The molecule has 2 N–H and O–H groups in total. The molecular weight excluding hydrogens is 332 g/mol. The van der Waals surface area contributed by atoms with E-state index in [0.717, 1.165) is 11.3 Å². The van der Waals surface area contributed by atoms with Gasteiger partial charge in [0, 0.05) is 6.54 Å². The van der Waals surface area contributed by atoms with Crippen molar-refractivity contribution in [2.45, 2.75) is 24.8 Å². The second-order valence-electron chi connectivity index (χ2n) is 6.26. The van der Waals surface area contributed by atoms with Crippen LogP contribution < -0.4 is 0 Å². The van der Waals surface area contributed by atoms with E-state index in [1.807, 2.05) is 60.7 Å². The summed E-state index contributed by atoms with van der Waals surface area (Å²) in [6, 6.07) is 18.1. The normalized spacial score (nSPS) is 22.8. The first-order valence-electron chi connectivity index (χ1n) is 8.33. The fourth-order valence-electron chi connectivity index (χ4n) is 3.22. The Morgan fingerprint density at radius 3 is 2.31 bits per heavy atom. The number of rotatable bonds is 4. The topological polar surface area (TPSA) is 91.5 Å². The molecule has 0 saturated carbocycles. The zero-order valence-electron chi connectivity index (χ0n) is 13.9. The minimum Gasteiger partial charge on any atom is -0.387 e. The zero-order valence-corrected chi connectivity index (χ0v) is 13.9. The van der Waals surface area contributed by atoms with Crippen LogP contribution in [0.15, 0.2) is 66.9 Å². The number of hydrogen-bond donors (Lipinski definition) is 2. The number of hydrogen-bond acceptors (Lipinski definition) is 5. The van der Waals surface area contributed by atoms with E-state index in [2.05, 4.69) is 10.3 Å². The Morgan fingerprint density at radius 2 is 1.62 bits per heavy atom. The molecule has 1 aliphatic rings. The van der Waals surface area contributed by atoms with Crippen molar-refractivity contribution in [3.63, 3.8) is 0 Å². The van der Waals surface area contributed by atoms with Gasteiger partial charge in [-0.1, -0.05) is 53.7 Å². The van der Waals surface area contributed by atoms with Gasteiger partial charge in [0.15, 0.2) is 6.10 Å². The molecule has 3 aromatic rings. The highest BCUT2D eigenvalue weighted by Gasteiger charge is 2.48. The number of nitrogens with zero attached hydrogens (tertiary/aromatic N) is 4. The zero-order chi connectivity index (χ0) is 18.1. The molecule has 4 rings (SSSR count). The first kappa shape index (κ1) is 16.4. The number of carbonyl (C=O) groups excluding carboxylic acids is 1. The van der Waals surface area contributed by atoms with Gasteiger partial charge in [-0.15, -0.1) is 5.10 Å². The molecule has 1 aliphatic heterocycles. The Balaban J connectivity index is 1.66. The monoisotopic (exact) mass is 350 g/mol. The standard InChI is InChI=1S/C19H18N4O3/c24-17-16(15-12-23(21-20-15)14-9-5-2-6-10-14)22(19(26)18(17)25)11-13-7-3-1-4-8-13/h1-10,12,16-18,24-25H,11H2/t16-,17+,18-/m1/s1. The lowest BCUT2D eigenvalue weighted by Crippen LogP contribution is -2.30. The first-order valence-corrected chi connectivity index (χ1v) is 8.33. The Hall–Kier alpha value is -3.03. The molecule has 0 radical (unpaired) electrons.